The standard InChI is InChI=1S/C13H19N3O2/c1-16(2)10-5-3-4-9(6-10)15-13(17)11-7-18-8-12(11)14/h3-6,11-12H,7-8,14H2,1-2H3,(H,15,17). The summed E-state index contributed by atoms with van der Waals surface area (Å²) >= 11 is 0. The van der Waals surface area contributed by atoms with Gasteiger partial charge in [0.15, 0.2) is 0 Å². The number of hydrogen-bond donors (Lipinski definition) is 2. The SMILES string of the molecule is CN(C)c1cccc(NC(=O)C2COCC2N)c1. The molecule has 0 aromatic heterocycles. The number of amides is 1. The number of anilines is 2. The second kappa shape index (κ2) is 5.37. The monoisotopic (exact) mass is 249 g/mol. The molecule has 18 heavy (non-hydrogen) atoms. The van der Waals surface area contributed by atoms with Gasteiger partial charge in [-0.25, -0.2) is 0 Å². The average Bonchev–Trinajstić information content (AvgIpc) is 2.76. The fourth-order valence-electron chi connectivity index (χ4n) is 1.94. The first-order chi connectivity index (χ1) is 8.58. The third-order valence-corrected chi connectivity index (χ3v) is 3.09. The number of nitrogens with two attached hydrogens (primary N) is 1. The molecule has 1 fully saturated rings. The maximum absolute atomic E-state index is 12.0. The van der Waals surface area contributed by atoms with Crippen molar-refractivity contribution in [2.45, 2.75) is 6.04 Å². The van der Waals surface area contributed by atoms with Crippen LogP contribution in [0.4, 0.5) is 11.4 Å². The number of hydrogen-bond acceptors (Lipinski definition) is 4. The summed E-state index contributed by atoms with van der Waals surface area (Å²) in [5.74, 6) is -0.330. The molecule has 0 saturated carbocycles. The minimum absolute atomic E-state index is 0.0732. The van der Waals surface area contributed by atoms with E-state index in [1.54, 1.807) is 0 Å². The zero-order chi connectivity index (χ0) is 13.1. The lowest BCUT2D eigenvalue weighted by Crippen LogP contribution is -2.37. The van der Waals surface area contributed by atoms with Crippen LogP contribution in [0.1, 0.15) is 0 Å². The van der Waals surface area contributed by atoms with Crippen LogP contribution in [-0.4, -0.2) is 39.3 Å². The fraction of sp³-hybridized carbons (Fsp3) is 0.462. The van der Waals surface area contributed by atoms with E-state index >= 15 is 0 Å². The van der Waals surface area contributed by atoms with E-state index in [1.807, 2.05) is 43.3 Å². The van der Waals surface area contributed by atoms with Crippen LogP contribution < -0.4 is 16.0 Å². The molecule has 1 aliphatic rings. The Labute approximate surface area is 107 Å². The lowest BCUT2D eigenvalue weighted by atomic mass is 10.0. The molecule has 2 rings (SSSR count). The Kier molecular flexibility index (Phi) is 3.84. The van der Waals surface area contributed by atoms with Gasteiger partial charge in [-0.3, -0.25) is 4.79 Å². The first-order valence-corrected chi connectivity index (χ1v) is 5.99. The van der Waals surface area contributed by atoms with Gasteiger partial charge in [0, 0.05) is 31.5 Å². The summed E-state index contributed by atoms with van der Waals surface area (Å²) in [4.78, 5) is 14.0. The van der Waals surface area contributed by atoms with Crippen LogP contribution >= 0.6 is 0 Å². The van der Waals surface area contributed by atoms with Crippen molar-refractivity contribution in [3.63, 3.8) is 0 Å². The van der Waals surface area contributed by atoms with E-state index in [0.717, 1.165) is 11.4 Å². The Morgan fingerprint density at radius 1 is 1.44 bits per heavy atom. The number of benzene rings is 1. The zero-order valence-corrected chi connectivity index (χ0v) is 10.7. The van der Waals surface area contributed by atoms with Gasteiger partial charge in [0.05, 0.1) is 19.1 Å². The fourth-order valence-corrected chi connectivity index (χ4v) is 1.94. The molecular formula is C13H19N3O2. The highest BCUT2D eigenvalue weighted by Gasteiger charge is 2.31. The second-order valence-corrected chi connectivity index (χ2v) is 4.74. The van der Waals surface area contributed by atoms with E-state index < -0.39 is 0 Å². The molecule has 1 aliphatic heterocycles. The van der Waals surface area contributed by atoms with Crippen molar-refractivity contribution < 1.29 is 9.53 Å². The predicted octanol–water partition coefficient (Wildman–Crippen LogP) is 0.665. The zero-order valence-electron chi connectivity index (χ0n) is 10.7. The summed E-state index contributed by atoms with van der Waals surface area (Å²) in [7, 11) is 3.92. The molecule has 1 aromatic rings. The molecule has 2 atom stereocenters. The van der Waals surface area contributed by atoms with Gasteiger partial charge in [-0.2, -0.15) is 0 Å². The second-order valence-electron chi connectivity index (χ2n) is 4.74. The summed E-state index contributed by atoms with van der Waals surface area (Å²) in [5, 5.41) is 2.88. The quantitative estimate of drug-likeness (QED) is 0.826. The van der Waals surface area contributed by atoms with Crippen molar-refractivity contribution in [2.24, 2.45) is 11.7 Å². The highest BCUT2D eigenvalue weighted by Crippen LogP contribution is 2.19. The van der Waals surface area contributed by atoms with Crippen LogP contribution in [0.2, 0.25) is 0 Å². The number of nitrogens with one attached hydrogen (secondary N) is 1. The van der Waals surface area contributed by atoms with Crippen molar-refractivity contribution in [3.05, 3.63) is 24.3 Å². The largest absolute Gasteiger partial charge is 0.379 e. The molecule has 1 saturated heterocycles. The van der Waals surface area contributed by atoms with E-state index in [1.165, 1.54) is 0 Å². The van der Waals surface area contributed by atoms with Crippen LogP contribution in [-0.2, 0) is 9.53 Å². The van der Waals surface area contributed by atoms with Gasteiger partial charge in [-0.05, 0) is 18.2 Å². The lowest BCUT2D eigenvalue weighted by Gasteiger charge is -2.16. The molecule has 0 bridgehead atoms. The third-order valence-electron chi connectivity index (χ3n) is 3.09. The Morgan fingerprint density at radius 3 is 2.83 bits per heavy atom. The molecule has 0 aliphatic carbocycles. The molecule has 1 aromatic carbocycles. The van der Waals surface area contributed by atoms with Crippen LogP contribution in [0.25, 0.3) is 0 Å². The summed E-state index contributed by atoms with van der Waals surface area (Å²) in [5.41, 5.74) is 7.64. The van der Waals surface area contributed by atoms with Crippen LogP contribution in [0.5, 0.6) is 0 Å². The Hall–Kier alpha value is -1.59. The van der Waals surface area contributed by atoms with Crippen LogP contribution in [0, 0.1) is 5.92 Å². The summed E-state index contributed by atoms with van der Waals surface area (Å²) < 4.78 is 5.20. The predicted molar refractivity (Wildman–Crippen MR) is 71.7 cm³/mol. The minimum atomic E-state index is -0.256. The van der Waals surface area contributed by atoms with E-state index in [-0.39, 0.29) is 17.9 Å². The van der Waals surface area contributed by atoms with Gasteiger partial charge in [0.25, 0.3) is 0 Å². The van der Waals surface area contributed by atoms with Crippen molar-refractivity contribution in [3.8, 4) is 0 Å². The molecule has 1 heterocycles. The topological polar surface area (TPSA) is 67.6 Å². The summed E-state index contributed by atoms with van der Waals surface area (Å²) in [6.07, 6.45) is 0. The molecule has 0 radical (unpaired) electrons. The molecule has 98 valence electrons. The smallest absolute Gasteiger partial charge is 0.231 e. The Morgan fingerprint density at radius 2 is 2.22 bits per heavy atom. The number of nitrogens with zero attached hydrogens (tertiary/aromatic N) is 1. The molecule has 5 nitrogen and oxygen atoms in total. The third kappa shape index (κ3) is 2.80. The van der Waals surface area contributed by atoms with E-state index in [2.05, 4.69) is 5.32 Å². The Bertz CT molecular complexity index is 434. The van der Waals surface area contributed by atoms with Gasteiger partial charge in [-0.15, -0.1) is 0 Å². The van der Waals surface area contributed by atoms with Crippen molar-refractivity contribution >= 4 is 17.3 Å². The van der Waals surface area contributed by atoms with E-state index in [4.69, 9.17) is 10.5 Å². The highest BCUT2D eigenvalue weighted by atomic mass is 16.5. The molecule has 3 N–H and O–H groups in total. The van der Waals surface area contributed by atoms with Gasteiger partial charge in [0.1, 0.15) is 0 Å². The van der Waals surface area contributed by atoms with Crippen LogP contribution in [0.15, 0.2) is 24.3 Å². The van der Waals surface area contributed by atoms with E-state index in [9.17, 15) is 4.79 Å². The van der Waals surface area contributed by atoms with Crippen molar-refractivity contribution in [1.82, 2.24) is 0 Å². The van der Waals surface area contributed by atoms with E-state index in [0.29, 0.717) is 13.2 Å². The van der Waals surface area contributed by atoms with Crippen molar-refractivity contribution in [2.75, 3.05) is 37.5 Å². The van der Waals surface area contributed by atoms with Gasteiger partial charge >= 0.3 is 0 Å². The summed E-state index contributed by atoms with van der Waals surface area (Å²) in [6.45, 7) is 0.857. The number of rotatable bonds is 3. The normalized spacial score (nSPS) is 22.8. The van der Waals surface area contributed by atoms with Gasteiger partial charge < -0.3 is 20.7 Å². The average molecular weight is 249 g/mol. The molecular weight excluding hydrogens is 230 g/mol. The molecule has 2 unspecified atom stereocenters. The lowest BCUT2D eigenvalue weighted by molar-refractivity contribution is -0.120. The molecule has 1 amide bonds. The van der Waals surface area contributed by atoms with Gasteiger partial charge in [-0.1, -0.05) is 6.07 Å². The number of carbonyl (C=O) groups is 1. The van der Waals surface area contributed by atoms with Crippen LogP contribution in [0.3, 0.4) is 0 Å². The molecule has 0 spiro atoms. The first kappa shape index (κ1) is 12.9. The number of ether oxygens (including phenoxy) is 1. The highest BCUT2D eigenvalue weighted by molar-refractivity contribution is 5.93. The maximum atomic E-state index is 12.0. The molecule has 5 heteroatoms. The summed E-state index contributed by atoms with van der Waals surface area (Å²) in [6, 6.07) is 7.49. The first-order valence-electron chi connectivity index (χ1n) is 5.99. The number of carbonyl (C=O) groups excluding carboxylic acids is 1. The maximum Gasteiger partial charge on any atom is 0.231 e. The van der Waals surface area contributed by atoms with Crippen molar-refractivity contribution in [1.29, 1.82) is 0 Å². The minimum Gasteiger partial charge on any atom is -0.379 e. The Balaban J connectivity index is 2.04. The van der Waals surface area contributed by atoms with Gasteiger partial charge in [0.2, 0.25) is 5.91 Å².